The number of amides is 3. The second kappa shape index (κ2) is 7.43. The smallest absolute Gasteiger partial charge is 0.266 e. The van der Waals surface area contributed by atoms with Gasteiger partial charge in [-0.2, -0.15) is 0 Å². The molecule has 6 heteroatoms. The van der Waals surface area contributed by atoms with Crippen molar-refractivity contribution in [3.8, 4) is 0 Å². The summed E-state index contributed by atoms with van der Waals surface area (Å²) in [6.07, 6.45) is 0. The molecule has 0 aliphatic carbocycles. The number of fused-ring (bicyclic) bond motifs is 1. The Kier molecular flexibility index (Phi) is 4.92. The first kappa shape index (κ1) is 19.9. The van der Waals surface area contributed by atoms with Crippen LogP contribution in [0.2, 0.25) is 5.02 Å². The van der Waals surface area contributed by atoms with Crippen LogP contribution in [0.3, 0.4) is 0 Å². The van der Waals surface area contributed by atoms with Gasteiger partial charge in [0, 0.05) is 10.7 Å². The fourth-order valence-corrected chi connectivity index (χ4v) is 3.56. The van der Waals surface area contributed by atoms with Crippen molar-refractivity contribution in [2.45, 2.75) is 19.3 Å². The van der Waals surface area contributed by atoms with Gasteiger partial charge < -0.3 is 5.32 Å². The largest absolute Gasteiger partial charge is 0.325 e. The first-order valence-electron chi connectivity index (χ1n) is 9.44. The third-order valence-corrected chi connectivity index (χ3v) is 5.54. The number of imide groups is 1. The van der Waals surface area contributed by atoms with Gasteiger partial charge in [0.1, 0.15) is 0 Å². The van der Waals surface area contributed by atoms with E-state index in [1.807, 2.05) is 26.0 Å². The topological polar surface area (TPSA) is 66.5 Å². The van der Waals surface area contributed by atoms with Crippen LogP contribution in [0, 0.1) is 0 Å². The van der Waals surface area contributed by atoms with Crippen LogP contribution in [0.15, 0.2) is 72.8 Å². The monoisotopic (exact) mass is 418 g/mol. The van der Waals surface area contributed by atoms with Gasteiger partial charge in [-0.05, 0) is 61.9 Å². The minimum atomic E-state index is -0.809. The van der Waals surface area contributed by atoms with Crippen LogP contribution < -0.4 is 10.2 Å². The number of carbonyl (C=O) groups is 3. The maximum Gasteiger partial charge on any atom is 0.266 e. The van der Waals surface area contributed by atoms with Gasteiger partial charge in [0.25, 0.3) is 11.8 Å². The molecule has 0 radical (unpaired) electrons. The molecule has 3 amide bonds. The van der Waals surface area contributed by atoms with Crippen LogP contribution in [0.1, 0.15) is 40.1 Å². The summed E-state index contributed by atoms with van der Waals surface area (Å²) in [4.78, 5) is 39.5. The summed E-state index contributed by atoms with van der Waals surface area (Å²) >= 11 is 5.95. The number of hydrogen-bond donors (Lipinski definition) is 1. The van der Waals surface area contributed by atoms with E-state index in [1.165, 1.54) is 0 Å². The van der Waals surface area contributed by atoms with Crippen molar-refractivity contribution in [1.82, 2.24) is 0 Å². The highest BCUT2D eigenvalue weighted by molar-refractivity contribution is 6.34. The number of hydrogen-bond acceptors (Lipinski definition) is 3. The quantitative estimate of drug-likeness (QED) is 0.602. The molecule has 3 aromatic rings. The van der Waals surface area contributed by atoms with E-state index in [1.54, 1.807) is 60.7 Å². The Morgan fingerprint density at radius 3 is 2.07 bits per heavy atom. The van der Waals surface area contributed by atoms with Gasteiger partial charge >= 0.3 is 0 Å². The number of benzene rings is 3. The molecule has 0 spiro atoms. The second-order valence-electron chi connectivity index (χ2n) is 7.63. The summed E-state index contributed by atoms with van der Waals surface area (Å²) in [5, 5.41) is 3.49. The van der Waals surface area contributed by atoms with Crippen LogP contribution in [0.4, 0.5) is 11.4 Å². The van der Waals surface area contributed by atoms with Crippen LogP contribution in [0.5, 0.6) is 0 Å². The molecule has 0 bridgehead atoms. The van der Waals surface area contributed by atoms with E-state index in [2.05, 4.69) is 5.32 Å². The fourth-order valence-electron chi connectivity index (χ4n) is 3.43. The van der Waals surface area contributed by atoms with Gasteiger partial charge in [-0.15, -0.1) is 0 Å². The van der Waals surface area contributed by atoms with Gasteiger partial charge in [-0.25, -0.2) is 4.90 Å². The number of halogens is 1. The maximum atomic E-state index is 13.0. The van der Waals surface area contributed by atoms with Crippen molar-refractivity contribution in [3.05, 3.63) is 94.5 Å². The van der Waals surface area contributed by atoms with Crippen LogP contribution >= 0.6 is 11.6 Å². The van der Waals surface area contributed by atoms with Gasteiger partial charge in [-0.3, -0.25) is 14.4 Å². The molecule has 5 nitrogen and oxygen atoms in total. The first-order valence-corrected chi connectivity index (χ1v) is 9.82. The second-order valence-corrected chi connectivity index (χ2v) is 8.06. The van der Waals surface area contributed by atoms with Crippen LogP contribution in [-0.4, -0.2) is 17.7 Å². The molecular formula is C24H19ClN2O3. The highest BCUT2D eigenvalue weighted by atomic mass is 35.5. The number of nitrogens with one attached hydrogen (secondary N) is 1. The third kappa shape index (κ3) is 3.37. The molecule has 0 atom stereocenters. The lowest BCUT2D eigenvalue weighted by atomic mass is 9.83. The average Bonchev–Trinajstić information content (AvgIpc) is 2.99. The van der Waals surface area contributed by atoms with Gasteiger partial charge in [0.15, 0.2) is 0 Å². The van der Waals surface area contributed by atoms with E-state index in [9.17, 15) is 14.4 Å². The van der Waals surface area contributed by atoms with E-state index in [-0.39, 0.29) is 17.7 Å². The molecule has 1 aliphatic heterocycles. The van der Waals surface area contributed by atoms with E-state index in [0.29, 0.717) is 27.5 Å². The van der Waals surface area contributed by atoms with E-state index < -0.39 is 5.41 Å². The number of anilines is 2. The summed E-state index contributed by atoms with van der Waals surface area (Å²) in [6.45, 7) is 3.64. The molecular weight excluding hydrogens is 400 g/mol. The lowest BCUT2D eigenvalue weighted by Crippen LogP contribution is -2.35. The summed E-state index contributed by atoms with van der Waals surface area (Å²) < 4.78 is 0. The normalized spacial score (nSPS) is 13.4. The predicted molar refractivity (Wildman–Crippen MR) is 117 cm³/mol. The van der Waals surface area contributed by atoms with Crippen LogP contribution in [-0.2, 0) is 10.2 Å². The molecule has 4 rings (SSSR count). The lowest BCUT2D eigenvalue weighted by molar-refractivity contribution is -0.120. The van der Waals surface area contributed by atoms with Crippen molar-refractivity contribution < 1.29 is 14.4 Å². The predicted octanol–water partition coefficient (Wildman–Crippen LogP) is 5.06. The fraction of sp³-hybridized carbons (Fsp3) is 0.125. The Hall–Kier alpha value is -3.44. The molecule has 3 aromatic carbocycles. The SMILES string of the molecule is CC(C)(C(=O)Nc1cccc(N2C(=O)c3ccccc3C2=O)c1)c1ccc(Cl)cc1. The Morgan fingerprint density at radius 1 is 0.867 bits per heavy atom. The summed E-state index contributed by atoms with van der Waals surface area (Å²) in [6, 6.07) is 20.6. The Labute approximate surface area is 179 Å². The van der Waals surface area contributed by atoms with Gasteiger partial charge in [0.2, 0.25) is 5.91 Å². The number of nitrogens with zero attached hydrogens (tertiary/aromatic N) is 1. The minimum Gasteiger partial charge on any atom is -0.325 e. The zero-order chi connectivity index (χ0) is 21.5. The molecule has 150 valence electrons. The van der Waals surface area contributed by atoms with Crippen molar-refractivity contribution in [2.75, 3.05) is 10.2 Å². The third-order valence-electron chi connectivity index (χ3n) is 5.29. The summed E-state index contributed by atoms with van der Waals surface area (Å²) in [5.41, 5.74) is 1.66. The first-order chi connectivity index (χ1) is 14.3. The summed E-state index contributed by atoms with van der Waals surface area (Å²) in [7, 11) is 0. The van der Waals surface area contributed by atoms with Gasteiger partial charge in [-0.1, -0.05) is 41.9 Å². The van der Waals surface area contributed by atoms with Crippen molar-refractivity contribution in [2.24, 2.45) is 0 Å². The van der Waals surface area contributed by atoms with Gasteiger partial charge in [0.05, 0.1) is 22.2 Å². The minimum absolute atomic E-state index is 0.218. The van der Waals surface area contributed by atoms with Crippen molar-refractivity contribution in [1.29, 1.82) is 0 Å². The summed E-state index contributed by atoms with van der Waals surface area (Å²) in [5.74, 6) is -0.967. The zero-order valence-electron chi connectivity index (χ0n) is 16.5. The number of rotatable bonds is 4. The van der Waals surface area contributed by atoms with Crippen molar-refractivity contribution in [3.63, 3.8) is 0 Å². The standard InChI is InChI=1S/C24H19ClN2O3/c1-24(2,15-10-12-16(25)13-11-15)23(30)26-17-6-5-7-18(14-17)27-21(28)19-8-3-4-9-20(19)22(27)29/h3-14H,1-2H3,(H,26,30). The molecule has 1 N–H and O–H groups in total. The maximum absolute atomic E-state index is 13.0. The van der Waals surface area contributed by atoms with E-state index >= 15 is 0 Å². The van der Waals surface area contributed by atoms with E-state index in [4.69, 9.17) is 11.6 Å². The van der Waals surface area contributed by atoms with Crippen LogP contribution in [0.25, 0.3) is 0 Å². The molecule has 0 saturated carbocycles. The highest BCUT2D eigenvalue weighted by Gasteiger charge is 2.36. The highest BCUT2D eigenvalue weighted by Crippen LogP contribution is 2.31. The lowest BCUT2D eigenvalue weighted by Gasteiger charge is -2.24. The van der Waals surface area contributed by atoms with E-state index in [0.717, 1.165) is 10.5 Å². The molecule has 30 heavy (non-hydrogen) atoms. The molecule has 1 aliphatic rings. The molecule has 0 saturated heterocycles. The average molecular weight is 419 g/mol. The Morgan fingerprint density at radius 2 is 1.47 bits per heavy atom. The molecule has 0 unspecified atom stereocenters. The Bertz CT molecular complexity index is 1130. The molecule has 0 aromatic heterocycles. The Balaban J connectivity index is 1.59. The molecule has 1 heterocycles. The van der Waals surface area contributed by atoms with Crippen molar-refractivity contribution >= 4 is 40.7 Å². The zero-order valence-corrected chi connectivity index (χ0v) is 17.2. The number of carbonyl (C=O) groups excluding carboxylic acids is 3. The molecule has 0 fully saturated rings.